The summed E-state index contributed by atoms with van der Waals surface area (Å²) in [7, 11) is 1.64. The van der Waals surface area contributed by atoms with Gasteiger partial charge in [-0.15, -0.1) is 0 Å². The highest BCUT2D eigenvalue weighted by Crippen LogP contribution is 2.28. The molecular formula is C15H15ClN4O. The molecule has 0 N–H and O–H groups in total. The van der Waals surface area contributed by atoms with Crippen LogP contribution in [0, 0.1) is 0 Å². The van der Waals surface area contributed by atoms with E-state index in [1.165, 1.54) is 0 Å². The monoisotopic (exact) mass is 302 g/mol. The van der Waals surface area contributed by atoms with Gasteiger partial charge in [0.15, 0.2) is 5.65 Å². The molecule has 3 rings (SSSR count). The number of hydrogen-bond donors (Lipinski definition) is 0. The molecule has 0 aliphatic heterocycles. The molecule has 0 unspecified atom stereocenters. The van der Waals surface area contributed by atoms with Gasteiger partial charge in [0.25, 0.3) is 0 Å². The van der Waals surface area contributed by atoms with Crippen molar-refractivity contribution in [1.29, 1.82) is 0 Å². The predicted octanol–water partition coefficient (Wildman–Crippen LogP) is 3.74. The molecule has 0 spiro atoms. The first-order chi connectivity index (χ1) is 10.1. The fourth-order valence-electron chi connectivity index (χ4n) is 2.22. The van der Waals surface area contributed by atoms with E-state index >= 15 is 0 Å². The Labute approximate surface area is 127 Å². The summed E-state index contributed by atoms with van der Waals surface area (Å²) in [6.07, 6.45) is 1.77. The molecule has 21 heavy (non-hydrogen) atoms. The summed E-state index contributed by atoms with van der Waals surface area (Å²) < 4.78 is 7.16. The number of imidazole rings is 1. The van der Waals surface area contributed by atoms with Crippen molar-refractivity contribution < 1.29 is 4.74 Å². The van der Waals surface area contributed by atoms with Gasteiger partial charge in [0, 0.05) is 11.6 Å². The van der Waals surface area contributed by atoms with Crippen LogP contribution in [0.4, 0.5) is 0 Å². The minimum atomic E-state index is 0.218. The molecule has 0 radical (unpaired) electrons. The Kier molecular flexibility index (Phi) is 3.51. The number of hydrogen-bond acceptors (Lipinski definition) is 4. The lowest BCUT2D eigenvalue weighted by molar-refractivity contribution is 0.415. The topological polar surface area (TPSA) is 52.8 Å². The van der Waals surface area contributed by atoms with E-state index in [9.17, 15) is 0 Å². The maximum Gasteiger partial charge on any atom is 0.225 e. The molecule has 5 nitrogen and oxygen atoms in total. The Morgan fingerprint density at radius 1 is 1.14 bits per heavy atom. The van der Waals surface area contributed by atoms with Crippen LogP contribution >= 0.6 is 11.6 Å². The highest BCUT2D eigenvalue weighted by atomic mass is 35.5. The number of rotatable bonds is 3. The summed E-state index contributed by atoms with van der Waals surface area (Å²) in [4.78, 5) is 13.1. The van der Waals surface area contributed by atoms with E-state index < -0.39 is 0 Å². The quantitative estimate of drug-likeness (QED) is 0.692. The third-order valence-corrected chi connectivity index (χ3v) is 3.48. The fourth-order valence-corrected chi connectivity index (χ4v) is 2.38. The van der Waals surface area contributed by atoms with E-state index in [0.717, 1.165) is 28.2 Å². The fraction of sp³-hybridized carbons (Fsp3) is 0.267. The van der Waals surface area contributed by atoms with Gasteiger partial charge in [0.1, 0.15) is 17.0 Å². The van der Waals surface area contributed by atoms with Crippen LogP contribution in [0.2, 0.25) is 5.28 Å². The molecule has 0 fully saturated rings. The molecule has 0 aliphatic rings. The van der Waals surface area contributed by atoms with Crippen molar-refractivity contribution in [2.45, 2.75) is 19.9 Å². The third-order valence-electron chi connectivity index (χ3n) is 3.31. The van der Waals surface area contributed by atoms with Gasteiger partial charge >= 0.3 is 0 Å². The zero-order valence-corrected chi connectivity index (χ0v) is 12.8. The second-order valence-electron chi connectivity index (χ2n) is 4.99. The zero-order valence-electron chi connectivity index (χ0n) is 12.0. The van der Waals surface area contributed by atoms with E-state index in [2.05, 4.69) is 28.8 Å². The Morgan fingerprint density at radius 3 is 2.48 bits per heavy atom. The number of benzene rings is 1. The van der Waals surface area contributed by atoms with Crippen molar-refractivity contribution in [2.24, 2.45) is 0 Å². The van der Waals surface area contributed by atoms with Crippen LogP contribution in [0.5, 0.6) is 5.75 Å². The lowest BCUT2D eigenvalue weighted by atomic mass is 10.1. The summed E-state index contributed by atoms with van der Waals surface area (Å²) in [5.74, 6) is 0.794. The van der Waals surface area contributed by atoms with Crippen LogP contribution in [0.25, 0.3) is 22.4 Å². The number of nitrogens with zero attached hydrogens (tertiary/aromatic N) is 4. The maximum absolute atomic E-state index is 6.08. The lowest BCUT2D eigenvalue weighted by Gasteiger charge is -2.08. The van der Waals surface area contributed by atoms with Crippen molar-refractivity contribution in [1.82, 2.24) is 19.5 Å². The molecule has 0 saturated heterocycles. The highest BCUT2D eigenvalue weighted by Gasteiger charge is 2.15. The first kappa shape index (κ1) is 13.8. The Bertz CT molecular complexity index is 780. The van der Waals surface area contributed by atoms with E-state index in [4.69, 9.17) is 16.3 Å². The number of ether oxygens (including phenoxy) is 1. The summed E-state index contributed by atoms with van der Waals surface area (Å²) >= 11 is 6.08. The maximum atomic E-state index is 6.08. The summed E-state index contributed by atoms with van der Waals surface area (Å²) in [5.41, 5.74) is 3.15. The van der Waals surface area contributed by atoms with Crippen LogP contribution in [0.1, 0.15) is 19.9 Å². The minimum Gasteiger partial charge on any atom is -0.497 e. The van der Waals surface area contributed by atoms with Crippen molar-refractivity contribution in [2.75, 3.05) is 7.11 Å². The van der Waals surface area contributed by atoms with Gasteiger partial charge in [-0.05, 0) is 49.7 Å². The van der Waals surface area contributed by atoms with E-state index in [-0.39, 0.29) is 11.3 Å². The molecule has 0 bridgehead atoms. The highest BCUT2D eigenvalue weighted by molar-refractivity contribution is 6.28. The largest absolute Gasteiger partial charge is 0.497 e. The normalized spacial score (nSPS) is 11.3. The van der Waals surface area contributed by atoms with Gasteiger partial charge in [-0.2, -0.15) is 4.98 Å². The van der Waals surface area contributed by atoms with Gasteiger partial charge in [0.2, 0.25) is 5.28 Å². The molecule has 6 heteroatoms. The van der Waals surface area contributed by atoms with Crippen molar-refractivity contribution >= 4 is 22.8 Å². The molecule has 0 atom stereocenters. The third kappa shape index (κ3) is 2.45. The molecule has 3 aromatic rings. The second kappa shape index (κ2) is 5.33. The Morgan fingerprint density at radius 2 is 1.86 bits per heavy atom. The average molecular weight is 303 g/mol. The van der Waals surface area contributed by atoms with Crippen LogP contribution in [0.3, 0.4) is 0 Å². The first-order valence-electron chi connectivity index (χ1n) is 6.64. The van der Waals surface area contributed by atoms with Crippen LogP contribution < -0.4 is 4.74 Å². The number of aromatic nitrogens is 4. The van der Waals surface area contributed by atoms with E-state index in [1.807, 2.05) is 28.8 Å². The molecule has 2 heterocycles. The molecular weight excluding hydrogens is 288 g/mol. The SMILES string of the molecule is COc1ccc(-c2nc(Cl)nc3c2ncn3C(C)C)cc1. The van der Waals surface area contributed by atoms with Gasteiger partial charge in [-0.1, -0.05) is 0 Å². The molecule has 108 valence electrons. The minimum absolute atomic E-state index is 0.218. The molecule has 1 aromatic carbocycles. The number of halogens is 1. The standard InChI is InChI=1S/C15H15ClN4O/c1-9(2)20-8-17-13-12(18-15(16)19-14(13)20)10-4-6-11(21-3)7-5-10/h4-9H,1-3H3. The first-order valence-corrected chi connectivity index (χ1v) is 7.02. The second-order valence-corrected chi connectivity index (χ2v) is 5.33. The van der Waals surface area contributed by atoms with Crippen LogP contribution in [0.15, 0.2) is 30.6 Å². The van der Waals surface area contributed by atoms with Crippen LogP contribution in [-0.4, -0.2) is 26.6 Å². The van der Waals surface area contributed by atoms with Gasteiger partial charge in [-0.3, -0.25) is 0 Å². The summed E-state index contributed by atoms with van der Waals surface area (Å²) in [6, 6.07) is 7.90. The summed E-state index contributed by atoms with van der Waals surface area (Å²) in [6.45, 7) is 4.15. The van der Waals surface area contributed by atoms with Gasteiger partial charge in [0.05, 0.1) is 13.4 Å². The number of methoxy groups -OCH3 is 1. The molecule has 0 aliphatic carbocycles. The molecule has 0 saturated carbocycles. The zero-order chi connectivity index (χ0) is 15.0. The Hall–Kier alpha value is -2.14. The van der Waals surface area contributed by atoms with Crippen molar-refractivity contribution in [3.8, 4) is 17.0 Å². The van der Waals surface area contributed by atoms with Crippen LogP contribution in [-0.2, 0) is 0 Å². The average Bonchev–Trinajstić information content (AvgIpc) is 2.90. The number of fused-ring (bicyclic) bond motifs is 1. The predicted molar refractivity (Wildman–Crippen MR) is 82.7 cm³/mol. The lowest BCUT2D eigenvalue weighted by Crippen LogP contribution is -2.01. The van der Waals surface area contributed by atoms with E-state index in [0.29, 0.717) is 0 Å². The Balaban J connectivity index is 2.21. The van der Waals surface area contributed by atoms with Gasteiger partial charge in [-0.25, -0.2) is 9.97 Å². The molecule has 0 amide bonds. The van der Waals surface area contributed by atoms with Crippen molar-refractivity contribution in [3.63, 3.8) is 0 Å². The van der Waals surface area contributed by atoms with E-state index in [1.54, 1.807) is 13.4 Å². The molecule has 2 aromatic heterocycles. The van der Waals surface area contributed by atoms with Gasteiger partial charge < -0.3 is 9.30 Å². The summed E-state index contributed by atoms with van der Waals surface area (Å²) in [5, 5.41) is 0.218. The smallest absolute Gasteiger partial charge is 0.225 e. The van der Waals surface area contributed by atoms with Crippen molar-refractivity contribution in [3.05, 3.63) is 35.9 Å².